The highest BCUT2D eigenvalue weighted by Gasteiger charge is 2.11. The van der Waals surface area contributed by atoms with E-state index in [0.717, 1.165) is 0 Å². The molecule has 2 amide bonds. The smallest absolute Gasteiger partial charge is 0.258 e. The van der Waals surface area contributed by atoms with Gasteiger partial charge in [0.1, 0.15) is 5.75 Å². The average molecular weight is 340 g/mol. The summed E-state index contributed by atoms with van der Waals surface area (Å²) in [5.41, 5.74) is 1.26. The molecule has 0 bridgehead atoms. The van der Waals surface area contributed by atoms with Crippen molar-refractivity contribution in [2.75, 3.05) is 11.9 Å². The van der Waals surface area contributed by atoms with Crippen molar-refractivity contribution >= 4 is 17.5 Å². The molecule has 0 saturated carbocycles. The first-order valence-electron chi connectivity index (χ1n) is 8.34. The van der Waals surface area contributed by atoms with Crippen LogP contribution in [0.1, 0.15) is 31.1 Å². The molecule has 0 fully saturated rings. The van der Waals surface area contributed by atoms with E-state index in [4.69, 9.17) is 4.74 Å². The first-order valence-corrected chi connectivity index (χ1v) is 8.34. The highest BCUT2D eigenvalue weighted by molar-refractivity contribution is 6.04. The number of carbonyl (C=O) groups is 2. The fourth-order valence-corrected chi connectivity index (χ4v) is 2.04. The maximum absolute atomic E-state index is 12.1. The van der Waals surface area contributed by atoms with Crippen LogP contribution in [0.25, 0.3) is 0 Å². The summed E-state index contributed by atoms with van der Waals surface area (Å²) in [5.74, 6) is 0.625. The first kappa shape index (κ1) is 18.5. The number of ether oxygens (including phenoxy) is 1. The van der Waals surface area contributed by atoms with E-state index in [2.05, 4.69) is 10.6 Å². The van der Waals surface area contributed by atoms with Crippen LogP contribution in [0.15, 0.2) is 54.6 Å². The van der Waals surface area contributed by atoms with Gasteiger partial charge in [0, 0.05) is 17.3 Å². The number of carbonyl (C=O) groups excluding carboxylic acids is 2. The molecule has 0 saturated heterocycles. The molecule has 0 heterocycles. The summed E-state index contributed by atoms with van der Waals surface area (Å²) in [4.78, 5) is 23.9. The number of amides is 2. The van der Waals surface area contributed by atoms with Crippen LogP contribution >= 0.6 is 0 Å². The molecule has 2 rings (SSSR count). The van der Waals surface area contributed by atoms with E-state index in [1.807, 2.05) is 39.0 Å². The van der Waals surface area contributed by atoms with Crippen molar-refractivity contribution in [1.29, 1.82) is 0 Å². The summed E-state index contributed by atoms with van der Waals surface area (Å²) < 4.78 is 5.47. The van der Waals surface area contributed by atoms with E-state index in [1.165, 1.54) is 0 Å². The number of rotatable bonds is 7. The Kier molecular flexibility index (Phi) is 6.57. The fourth-order valence-electron chi connectivity index (χ4n) is 2.04. The molecule has 2 aromatic carbocycles. The van der Waals surface area contributed by atoms with Gasteiger partial charge in [0.25, 0.3) is 11.8 Å². The Morgan fingerprint density at radius 3 is 2.20 bits per heavy atom. The van der Waals surface area contributed by atoms with Crippen LogP contribution in [0, 0.1) is 5.92 Å². The molecule has 0 aliphatic carbocycles. The molecule has 0 aliphatic heterocycles. The Hall–Kier alpha value is -2.82. The second-order valence-corrected chi connectivity index (χ2v) is 6.23. The van der Waals surface area contributed by atoms with Gasteiger partial charge in [0.05, 0.1) is 0 Å². The van der Waals surface area contributed by atoms with Crippen LogP contribution in [0.5, 0.6) is 5.75 Å². The lowest BCUT2D eigenvalue weighted by atomic mass is 10.1. The van der Waals surface area contributed by atoms with E-state index in [-0.39, 0.29) is 24.5 Å². The van der Waals surface area contributed by atoms with Gasteiger partial charge in [-0.15, -0.1) is 0 Å². The van der Waals surface area contributed by atoms with Crippen LogP contribution in [0.3, 0.4) is 0 Å². The zero-order chi connectivity index (χ0) is 18.2. The second kappa shape index (κ2) is 8.87. The van der Waals surface area contributed by atoms with E-state index in [0.29, 0.717) is 22.9 Å². The monoisotopic (exact) mass is 340 g/mol. The molecule has 2 aromatic rings. The van der Waals surface area contributed by atoms with Crippen molar-refractivity contribution in [2.45, 2.75) is 26.8 Å². The van der Waals surface area contributed by atoms with Crippen molar-refractivity contribution < 1.29 is 14.3 Å². The van der Waals surface area contributed by atoms with Gasteiger partial charge in [-0.1, -0.05) is 32.0 Å². The molecule has 0 aromatic heterocycles. The minimum atomic E-state index is -0.170. The zero-order valence-corrected chi connectivity index (χ0v) is 14.8. The quantitative estimate of drug-likeness (QED) is 0.811. The molecule has 5 heteroatoms. The SMILES string of the molecule is CC(C)[C@@H](C)NC(=O)COc1ccc(NC(=O)c2ccccc2)cc1. The zero-order valence-electron chi connectivity index (χ0n) is 14.8. The maximum atomic E-state index is 12.1. The number of hydrogen-bond donors (Lipinski definition) is 2. The Bertz CT molecular complexity index is 697. The largest absolute Gasteiger partial charge is 0.484 e. The number of benzene rings is 2. The Morgan fingerprint density at radius 1 is 0.960 bits per heavy atom. The molecule has 1 atom stereocenters. The molecule has 25 heavy (non-hydrogen) atoms. The summed E-state index contributed by atoms with van der Waals surface area (Å²) in [5, 5.41) is 5.70. The summed E-state index contributed by atoms with van der Waals surface area (Å²) >= 11 is 0. The number of hydrogen-bond acceptors (Lipinski definition) is 3. The average Bonchev–Trinajstić information content (AvgIpc) is 2.61. The first-order chi connectivity index (χ1) is 12.0. The van der Waals surface area contributed by atoms with Crippen LogP contribution in [-0.2, 0) is 4.79 Å². The molecule has 132 valence electrons. The van der Waals surface area contributed by atoms with Crippen molar-refractivity contribution in [3.05, 3.63) is 60.2 Å². The lowest BCUT2D eigenvalue weighted by Gasteiger charge is -2.17. The van der Waals surface area contributed by atoms with E-state index in [1.54, 1.807) is 36.4 Å². The highest BCUT2D eigenvalue weighted by Crippen LogP contribution is 2.16. The summed E-state index contributed by atoms with van der Waals surface area (Å²) in [7, 11) is 0. The standard InChI is InChI=1S/C20H24N2O3/c1-14(2)15(3)21-19(23)13-25-18-11-9-17(10-12-18)22-20(24)16-7-5-4-6-8-16/h4-12,14-15H,13H2,1-3H3,(H,21,23)(H,22,24)/t15-/m1/s1. The van der Waals surface area contributed by atoms with Crippen LogP contribution < -0.4 is 15.4 Å². The Morgan fingerprint density at radius 2 is 1.60 bits per heavy atom. The minimum absolute atomic E-state index is 0.0349. The third-order valence-electron chi connectivity index (χ3n) is 3.91. The summed E-state index contributed by atoms with van der Waals surface area (Å²) in [6, 6.07) is 16.0. The third-order valence-corrected chi connectivity index (χ3v) is 3.91. The molecular weight excluding hydrogens is 316 g/mol. The molecule has 0 unspecified atom stereocenters. The van der Waals surface area contributed by atoms with E-state index in [9.17, 15) is 9.59 Å². The number of anilines is 1. The van der Waals surface area contributed by atoms with Gasteiger partial charge in [-0.2, -0.15) is 0 Å². The Balaban J connectivity index is 1.83. The van der Waals surface area contributed by atoms with Gasteiger partial charge in [-0.05, 0) is 49.2 Å². The normalized spacial score (nSPS) is 11.7. The van der Waals surface area contributed by atoms with Crippen molar-refractivity contribution in [3.63, 3.8) is 0 Å². The molecule has 0 aliphatic rings. The predicted octanol–water partition coefficient (Wildman–Crippen LogP) is 3.48. The molecule has 2 N–H and O–H groups in total. The van der Waals surface area contributed by atoms with Gasteiger partial charge in [0.15, 0.2) is 6.61 Å². The van der Waals surface area contributed by atoms with Gasteiger partial charge in [-0.25, -0.2) is 0 Å². The van der Waals surface area contributed by atoms with Crippen LogP contribution in [-0.4, -0.2) is 24.5 Å². The summed E-state index contributed by atoms with van der Waals surface area (Å²) in [6.07, 6.45) is 0. The third kappa shape index (κ3) is 5.95. The van der Waals surface area contributed by atoms with Crippen molar-refractivity contribution in [1.82, 2.24) is 5.32 Å². The fraction of sp³-hybridized carbons (Fsp3) is 0.300. The van der Waals surface area contributed by atoms with Gasteiger partial charge >= 0.3 is 0 Å². The van der Waals surface area contributed by atoms with Crippen LogP contribution in [0.2, 0.25) is 0 Å². The van der Waals surface area contributed by atoms with Crippen molar-refractivity contribution in [2.24, 2.45) is 5.92 Å². The Labute approximate surface area is 148 Å². The topological polar surface area (TPSA) is 67.4 Å². The second-order valence-electron chi connectivity index (χ2n) is 6.23. The van der Waals surface area contributed by atoms with Gasteiger partial charge < -0.3 is 15.4 Å². The van der Waals surface area contributed by atoms with Gasteiger partial charge in [-0.3, -0.25) is 9.59 Å². The highest BCUT2D eigenvalue weighted by atomic mass is 16.5. The molecule has 0 radical (unpaired) electrons. The predicted molar refractivity (Wildman–Crippen MR) is 98.8 cm³/mol. The van der Waals surface area contributed by atoms with Crippen molar-refractivity contribution in [3.8, 4) is 5.75 Å². The van der Waals surface area contributed by atoms with E-state index >= 15 is 0 Å². The molecule has 5 nitrogen and oxygen atoms in total. The van der Waals surface area contributed by atoms with E-state index < -0.39 is 0 Å². The lowest BCUT2D eigenvalue weighted by molar-refractivity contribution is -0.124. The molecular formula is C20H24N2O3. The lowest BCUT2D eigenvalue weighted by Crippen LogP contribution is -2.38. The summed E-state index contributed by atoms with van der Waals surface area (Å²) in [6.45, 7) is 6.03. The minimum Gasteiger partial charge on any atom is -0.484 e. The van der Waals surface area contributed by atoms with Crippen LogP contribution in [0.4, 0.5) is 5.69 Å². The van der Waals surface area contributed by atoms with Gasteiger partial charge in [0.2, 0.25) is 0 Å². The maximum Gasteiger partial charge on any atom is 0.258 e. The number of nitrogens with one attached hydrogen (secondary N) is 2. The molecule has 0 spiro atoms.